The van der Waals surface area contributed by atoms with Crippen molar-refractivity contribution < 1.29 is 14.3 Å². The van der Waals surface area contributed by atoms with E-state index in [-0.39, 0.29) is 18.6 Å². The number of hydrogen-bond donors (Lipinski definition) is 1. The van der Waals surface area contributed by atoms with Crippen LogP contribution in [0, 0.1) is 5.92 Å². The second-order valence-electron chi connectivity index (χ2n) is 7.07. The zero-order valence-corrected chi connectivity index (χ0v) is 14.6. The molecule has 0 bridgehead atoms. The van der Waals surface area contributed by atoms with Gasteiger partial charge in [0.1, 0.15) is 0 Å². The van der Waals surface area contributed by atoms with Crippen molar-refractivity contribution in [1.82, 2.24) is 14.9 Å². The summed E-state index contributed by atoms with van der Waals surface area (Å²) >= 11 is 0. The molecule has 26 heavy (non-hydrogen) atoms. The Labute approximate surface area is 151 Å². The molecule has 0 aliphatic carbocycles. The first kappa shape index (κ1) is 15.7. The van der Waals surface area contributed by atoms with E-state index in [2.05, 4.69) is 9.88 Å². The van der Waals surface area contributed by atoms with Crippen molar-refractivity contribution in [2.45, 2.75) is 25.8 Å². The molecule has 2 aromatic rings. The highest BCUT2D eigenvalue weighted by atomic mass is 16.7. The quantitative estimate of drug-likeness (QED) is 0.894. The summed E-state index contributed by atoms with van der Waals surface area (Å²) in [5.74, 6) is 2.52. The molecule has 1 aromatic carbocycles. The topological polar surface area (TPSA) is 68.6 Å². The average molecular weight is 354 g/mol. The monoisotopic (exact) mass is 354 g/mol. The van der Waals surface area contributed by atoms with Crippen LogP contribution in [-0.2, 0) is 11.3 Å². The zero-order valence-electron chi connectivity index (χ0n) is 14.6. The van der Waals surface area contributed by atoms with Gasteiger partial charge in [-0.1, -0.05) is 0 Å². The molecule has 0 spiro atoms. The van der Waals surface area contributed by atoms with Crippen molar-refractivity contribution in [3.63, 3.8) is 0 Å². The molecule has 7 heteroatoms. The number of piperidine rings is 1. The Morgan fingerprint density at radius 2 is 2.12 bits per heavy atom. The van der Waals surface area contributed by atoms with Crippen LogP contribution < -0.4 is 19.7 Å². The molecular formula is C19H22N4O3. The molecule has 0 saturated carbocycles. The third-order valence-electron chi connectivity index (χ3n) is 5.36. The number of nitrogens with zero attached hydrogens (tertiary/aromatic N) is 3. The minimum absolute atomic E-state index is 0.0565. The molecule has 7 nitrogen and oxygen atoms in total. The van der Waals surface area contributed by atoms with Gasteiger partial charge >= 0.3 is 0 Å². The number of fused-ring (bicyclic) bond motifs is 2. The van der Waals surface area contributed by atoms with Gasteiger partial charge in [-0.25, -0.2) is 4.98 Å². The van der Waals surface area contributed by atoms with Crippen LogP contribution in [0.2, 0.25) is 0 Å². The lowest BCUT2D eigenvalue weighted by Gasteiger charge is -2.31. The number of anilines is 1. The van der Waals surface area contributed by atoms with Gasteiger partial charge in [-0.15, -0.1) is 0 Å². The van der Waals surface area contributed by atoms with Crippen LogP contribution in [0.25, 0.3) is 11.3 Å². The first-order valence-corrected chi connectivity index (χ1v) is 9.29. The largest absolute Gasteiger partial charge is 0.454 e. The second-order valence-corrected chi connectivity index (χ2v) is 7.07. The second kappa shape index (κ2) is 6.32. The van der Waals surface area contributed by atoms with E-state index in [1.165, 1.54) is 0 Å². The Morgan fingerprint density at radius 1 is 1.19 bits per heavy atom. The standard InChI is InChI=1S/C19H22N4O3/c24-18(14-3-1-6-20-10-14)23-8-2-7-22-11-15(21-19(22)23)13-4-5-16-17(9-13)26-12-25-16/h4-5,9,11,14,20H,1-3,6-8,10,12H2. The lowest BCUT2D eigenvalue weighted by molar-refractivity contribution is -0.123. The number of rotatable bonds is 2. The molecule has 3 aliphatic rings. The lowest BCUT2D eigenvalue weighted by atomic mass is 9.98. The maximum atomic E-state index is 13.0. The number of hydrogen-bond acceptors (Lipinski definition) is 5. The van der Waals surface area contributed by atoms with Gasteiger partial charge < -0.3 is 19.4 Å². The summed E-state index contributed by atoms with van der Waals surface area (Å²) in [6.45, 7) is 3.67. The summed E-state index contributed by atoms with van der Waals surface area (Å²) in [7, 11) is 0. The number of amides is 1. The first-order valence-electron chi connectivity index (χ1n) is 9.29. The van der Waals surface area contributed by atoms with Gasteiger partial charge in [0.25, 0.3) is 0 Å². The molecule has 1 saturated heterocycles. The molecule has 4 heterocycles. The van der Waals surface area contributed by atoms with Crippen molar-refractivity contribution >= 4 is 11.9 Å². The average Bonchev–Trinajstić information content (AvgIpc) is 3.33. The van der Waals surface area contributed by atoms with Gasteiger partial charge in [-0.2, -0.15) is 0 Å². The normalized spacial score (nSPS) is 21.5. The number of aromatic nitrogens is 2. The molecule has 1 atom stereocenters. The summed E-state index contributed by atoms with van der Waals surface area (Å²) in [6, 6.07) is 5.85. The van der Waals surface area contributed by atoms with E-state index in [4.69, 9.17) is 14.5 Å². The highest BCUT2D eigenvalue weighted by Crippen LogP contribution is 2.36. The predicted octanol–water partition coefficient (Wildman–Crippen LogP) is 2.02. The molecule has 136 valence electrons. The number of aryl methyl sites for hydroxylation is 1. The van der Waals surface area contributed by atoms with E-state index in [1.807, 2.05) is 29.3 Å². The van der Waals surface area contributed by atoms with Crippen LogP contribution in [-0.4, -0.2) is 41.9 Å². The highest BCUT2D eigenvalue weighted by molar-refractivity contribution is 5.94. The van der Waals surface area contributed by atoms with Crippen molar-refractivity contribution in [1.29, 1.82) is 0 Å². The fourth-order valence-corrected chi connectivity index (χ4v) is 3.97. The molecule has 1 amide bonds. The minimum Gasteiger partial charge on any atom is -0.454 e. The van der Waals surface area contributed by atoms with Crippen molar-refractivity contribution in [3.05, 3.63) is 24.4 Å². The number of nitrogens with one attached hydrogen (secondary N) is 1. The van der Waals surface area contributed by atoms with Gasteiger partial charge in [0.05, 0.1) is 11.6 Å². The van der Waals surface area contributed by atoms with E-state index < -0.39 is 0 Å². The van der Waals surface area contributed by atoms with E-state index in [1.54, 1.807) is 0 Å². The molecule has 1 N–H and O–H groups in total. The van der Waals surface area contributed by atoms with Crippen LogP contribution in [0.3, 0.4) is 0 Å². The third-order valence-corrected chi connectivity index (χ3v) is 5.36. The summed E-state index contributed by atoms with van der Waals surface area (Å²) in [5.41, 5.74) is 1.84. The zero-order chi connectivity index (χ0) is 17.5. The van der Waals surface area contributed by atoms with E-state index >= 15 is 0 Å². The fraction of sp³-hybridized carbons (Fsp3) is 0.474. The first-order chi connectivity index (χ1) is 12.8. The van der Waals surface area contributed by atoms with Crippen molar-refractivity contribution in [2.75, 3.05) is 31.3 Å². The smallest absolute Gasteiger partial charge is 0.233 e. The van der Waals surface area contributed by atoms with Crippen LogP contribution in [0.4, 0.5) is 5.95 Å². The molecule has 3 aliphatic heterocycles. The van der Waals surface area contributed by atoms with E-state index in [0.717, 1.165) is 74.1 Å². The molecular weight excluding hydrogens is 332 g/mol. The summed E-state index contributed by atoms with van der Waals surface area (Å²) < 4.78 is 12.9. The molecule has 5 rings (SSSR count). The number of carbonyl (C=O) groups is 1. The van der Waals surface area contributed by atoms with Gasteiger partial charge in [0.2, 0.25) is 18.6 Å². The highest BCUT2D eigenvalue weighted by Gasteiger charge is 2.31. The summed E-state index contributed by atoms with van der Waals surface area (Å²) in [6.07, 6.45) is 5.00. The molecule has 1 fully saturated rings. The Hall–Kier alpha value is -2.54. The minimum atomic E-state index is 0.0565. The molecule has 0 radical (unpaired) electrons. The van der Waals surface area contributed by atoms with E-state index in [9.17, 15) is 4.79 Å². The van der Waals surface area contributed by atoms with Gasteiger partial charge in [0.15, 0.2) is 11.5 Å². The molecule has 1 aromatic heterocycles. The summed E-state index contributed by atoms with van der Waals surface area (Å²) in [4.78, 5) is 19.7. The number of ether oxygens (including phenoxy) is 2. The van der Waals surface area contributed by atoms with E-state index in [0.29, 0.717) is 0 Å². The summed E-state index contributed by atoms with van der Waals surface area (Å²) in [5, 5.41) is 3.33. The Balaban J connectivity index is 1.45. The van der Waals surface area contributed by atoms with Crippen LogP contribution >= 0.6 is 0 Å². The Kier molecular flexibility index (Phi) is 3.81. The Morgan fingerprint density at radius 3 is 3.00 bits per heavy atom. The fourth-order valence-electron chi connectivity index (χ4n) is 3.97. The molecule has 1 unspecified atom stereocenters. The van der Waals surface area contributed by atoms with Gasteiger partial charge in [-0.3, -0.25) is 9.69 Å². The van der Waals surface area contributed by atoms with Crippen molar-refractivity contribution in [3.8, 4) is 22.8 Å². The van der Waals surface area contributed by atoms with Crippen LogP contribution in [0.15, 0.2) is 24.4 Å². The Bertz CT molecular complexity index is 841. The SMILES string of the molecule is O=C(C1CCCNC1)N1CCCn2cc(-c3ccc4c(c3)OCO4)nc21. The lowest BCUT2D eigenvalue weighted by Crippen LogP contribution is -2.46. The van der Waals surface area contributed by atoms with Gasteiger partial charge in [-0.05, 0) is 44.0 Å². The van der Waals surface area contributed by atoms with Crippen LogP contribution in [0.5, 0.6) is 11.5 Å². The number of carbonyl (C=O) groups excluding carboxylic acids is 1. The predicted molar refractivity (Wildman–Crippen MR) is 96.3 cm³/mol. The third kappa shape index (κ3) is 2.63. The van der Waals surface area contributed by atoms with Crippen molar-refractivity contribution in [2.24, 2.45) is 5.92 Å². The maximum Gasteiger partial charge on any atom is 0.233 e. The van der Waals surface area contributed by atoms with Gasteiger partial charge in [0, 0.05) is 31.4 Å². The maximum absolute atomic E-state index is 13.0. The van der Waals surface area contributed by atoms with Crippen LogP contribution in [0.1, 0.15) is 19.3 Å². The number of benzene rings is 1. The number of imidazole rings is 1.